The van der Waals surface area contributed by atoms with Gasteiger partial charge in [-0.2, -0.15) is 0 Å². The van der Waals surface area contributed by atoms with Crippen LogP contribution in [0.25, 0.3) is 0 Å². The van der Waals surface area contributed by atoms with Gasteiger partial charge in [0.2, 0.25) is 0 Å². The number of aliphatic hydroxyl groups is 2. The van der Waals surface area contributed by atoms with E-state index in [4.69, 9.17) is 10.2 Å². The van der Waals surface area contributed by atoms with Crippen molar-refractivity contribution in [3.8, 4) is 0 Å². The zero-order chi connectivity index (χ0) is 4.57. The summed E-state index contributed by atoms with van der Waals surface area (Å²) < 4.78 is 4.35. The third kappa shape index (κ3) is 0.408. The van der Waals surface area contributed by atoms with Crippen molar-refractivity contribution in [2.45, 2.75) is 12.4 Å². The molecule has 0 amide bonds. The lowest BCUT2D eigenvalue weighted by Gasteiger charge is -2.27. The molecule has 36 valence electrons. The van der Waals surface area contributed by atoms with Crippen LogP contribution in [0.2, 0.25) is 0 Å². The quantitative estimate of drug-likeness (QED) is 0.388. The molecule has 3 nitrogen and oxygen atoms in total. The van der Waals surface area contributed by atoms with Crippen LogP contribution in [-0.4, -0.2) is 29.2 Å². The number of aliphatic hydroxyl groups excluding tert-OH is 2. The van der Waals surface area contributed by atoms with E-state index in [1.165, 1.54) is 0 Å². The Morgan fingerprint density at radius 3 is 2.00 bits per heavy atom. The molecule has 1 heterocycles. The van der Waals surface area contributed by atoms with E-state index in [0.717, 1.165) is 0 Å². The van der Waals surface area contributed by atoms with E-state index in [2.05, 4.69) is 4.74 Å². The molecular weight excluding hydrogens is 84.0 g/mol. The van der Waals surface area contributed by atoms with E-state index in [0.29, 0.717) is 0 Å². The Labute approximate surface area is 35.2 Å². The van der Waals surface area contributed by atoms with Crippen LogP contribution in [0, 0.1) is 0 Å². The van der Waals surface area contributed by atoms with E-state index in [9.17, 15) is 0 Å². The zero-order valence-corrected chi connectivity index (χ0v) is 3.16. The third-order valence-corrected chi connectivity index (χ3v) is 0.767. The van der Waals surface area contributed by atoms with E-state index in [1.54, 1.807) is 0 Å². The Kier molecular flexibility index (Phi) is 0.799. The predicted octanol–water partition coefficient (Wildman–Crippen LogP) is -1.30. The van der Waals surface area contributed by atoms with Crippen molar-refractivity contribution in [3.05, 3.63) is 0 Å². The van der Waals surface area contributed by atoms with Gasteiger partial charge in [0.1, 0.15) is 6.10 Å². The monoisotopic (exact) mass is 90.0 g/mol. The lowest BCUT2D eigenvalue weighted by molar-refractivity contribution is -0.259. The highest BCUT2D eigenvalue weighted by Gasteiger charge is 2.26. The largest absolute Gasteiger partial charge is 0.385 e. The van der Waals surface area contributed by atoms with Crippen LogP contribution in [0.5, 0.6) is 0 Å². The van der Waals surface area contributed by atoms with E-state index in [1.807, 2.05) is 0 Å². The van der Waals surface area contributed by atoms with Gasteiger partial charge < -0.3 is 14.9 Å². The van der Waals surface area contributed by atoms with Crippen molar-refractivity contribution < 1.29 is 14.9 Å². The molecule has 0 spiro atoms. The van der Waals surface area contributed by atoms with Crippen molar-refractivity contribution >= 4 is 0 Å². The van der Waals surface area contributed by atoms with Crippen molar-refractivity contribution in [1.82, 2.24) is 0 Å². The molecule has 1 fully saturated rings. The van der Waals surface area contributed by atoms with Crippen LogP contribution in [0.3, 0.4) is 0 Å². The Bertz CT molecular complexity index is 46.0. The molecule has 0 radical (unpaired) electrons. The normalized spacial score (nSPS) is 45.0. The SMILES string of the molecule is OC1COC1O. The highest BCUT2D eigenvalue weighted by Crippen LogP contribution is 2.06. The first-order valence-electron chi connectivity index (χ1n) is 1.78. The summed E-state index contributed by atoms with van der Waals surface area (Å²) >= 11 is 0. The molecule has 1 aliphatic heterocycles. The second kappa shape index (κ2) is 1.18. The number of hydrogen-bond donors (Lipinski definition) is 2. The van der Waals surface area contributed by atoms with Gasteiger partial charge in [-0.15, -0.1) is 0 Å². The van der Waals surface area contributed by atoms with Crippen molar-refractivity contribution in [3.63, 3.8) is 0 Å². The molecule has 0 aromatic carbocycles. The van der Waals surface area contributed by atoms with Gasteiger partial charge in [-0.3, -0.25) is 0 Å². The average molecular weight is 90.1 g/mol. The van der Waals surface area contributed by atoms with E-state index < -0.39 is 12.4 Å². The van der Waals surface area contributed by atoms with Crippen molar-refractivity contribution in [2.75, 3.05) is 6.61 Å². The molecule has 0 aliphatic carbocycles. The molecule has 1 saturated heterocycles. The summed E-state index contributed by atoms with van der Waals surface area (Å²) in [6, 6.07) is 0. The molecule has 0 bridgehead atoms. The number of ether oxygens (including phenoxy) is 1. The van der Waals surface area contributed by atoms with Gasteiger partial charge in [0.25, 0.3) is 0 Å². The second-order valence-corrected chi connectivity index (χ2v) is 1.29. The molecule has 0 aromatic rings. The molecule has 3 heteroatoms. The molecule has 0 saturated carbocycles. The zero-order valence-electron chi connectivity index (χ0n) is 3.16. The second-order valence-electron chi connectivity index (χ2n) is 1.29. The van der Waals surface area contributed by atoms with Gasteiger partial charge in [0.15, 0.2) is 6.29 Å². The Morgan fingerprint density at radius 1 is 1.50 bits per heavy atom. The molecule has 1 aliphatic rings. The molecule has 2 unspecified atom stereocenters. The standard InChI is InChI=1S/C3H6O3/c4-2-1-6-3(2)5/h2-5H,1H2. The molecular formula is C3H6O3. The first-order valence-corrected chi connectivity index (χ1v) is 1.78. The predicted molar refractivity (Wildman–Crippen MR) is 18.0 cm³/mol. The topological polar surface area (TPSA) is 49.7 Å². The number of rotatable bonds is 0. The van der Waals surface area contributed by atoms with Gasteiger partial charge >= 0.3 is 0 Å². The van der Waals surface area contributed by atoms with Crippen LogP contribution >= 0.6 is 0 Å². The van der Waals surface area contributed by atoms with Gasteiger partial charge in [-0.25, -0.2) is 0 Å². The minimum atomic E-state index is -0.912. The smallest absolute Gasteiger partial charge is 0.183 e. The summed E-state index contributed by atoms with van der Waals surface area (Å²) in [6.45, 7) is 0.279. The molecule has 2 N–H and O–H groups in total. The van der Waals surface area contributed by atoms with Gasteiger partial charge in [0.05, 0.1) is 6.61 Å². The van der Waals surface area contributed by atoms with Crippen LogP contribution in [0.1, 0.15) is 0 Å². The molecule has 6 heavy (non-hydrogen) atoms. The fraction of sp³-hybridized carbons (Fsp3) is 1.00. The van der Waals surface area contributed by atoms with Crippen LogP contribution < -0.4 is 0 Å². The van der Waals surface area contributed by atoms with Crippen molar-refractivity contribution in [1.29, 1.82) is 0 Å². The van der Waals surface area contributed by atoms with Crippen LogP contribution in [0.4, 0.5) is 0 Å². The lowest BCUT2D eigenvalue weighted by Crippen LogP contribution is -2.44. The Balaban J connectivity index is 2.20. The molecule has 0 aromatic heterocycles. The summed E-state index contributed by atoms with van der Waals surface area (Å²) in [5, 5.41) is 16.6. The minimum absolute atomic E-state index is 0.279. The minimum Gasteiger partial charge on any atom is -0.385 e. The van der Waals surface area contributed by atoms with Gasteiger partial charge in [0, 0.05) is 0 Å². The summed E-state index contributed by atoms with van der Waals surface area (Å²) in [5.74, 6) is 0. The highest BCUT2D eigenvalue weighted by atomic mass is 16.7. The fourth-order valence-electron chi connectivity index (χ4n) is 0.268. The maximum absolute atomic E-state index is 8.34. The first-order chi connectivity index (χ1) is 2.80. The summed E-state index contributed by atoms with van der Waals surface area (Å²) in [5.41, 5.74) is 0. The average Bonchev–Trinajstić information content (AvgIpc) is 1.61. The molecule has 2 atom stereocenters. The van der Waals surface area contributed by atoms with E-state index >= 15 is 0 Å². The maximum Gasteiger partial charge on any atom is 0.183 e. The number of hydrogen-bond acceptors (Lipinski definition) is 3. The van der Waals surface area contributed by atoms with Crippen LogP contribution in [0.15, 0.2) is 0 Å². The summed E-state index contributed by atoms with van der Waals surface area (Å²) in [4.78, 5) is 0. The summed E-state index contributed by atoms with van der Waals surface area (Å²) in [7, 11) is 0. The highest BCUT2D eigenvalue weighted by molar-refractivity contribution is 4.65. The molecule has 1 rings (SSSR count). The Morgan fingerprint density at radius 2 is 2.00 bits per heavy atom. The third-order valence-electron chi connectivity index (χ3n) is 0.767. The maximum atomic E-state index is 8.34. The fourth-order valence-corrected chi connectivity index (χ4v) is 0.268. The van der Waals surface area contributed by atoms with Crippen molar-refractivity contribution in [2.24, 2.45) is 0 Å². The Hall–Kier alpha value is -0.120. The van der Waals surface area contributed by atoms with Gasteiger partial charge in [-0.1, -0.05) is 0 Å². The van der Waals surface area contributed by atoms with Crippen LogP contribution in [-0.2, 0) is 4.74 Å². The summed E-state index contributed by atoms with van der Waals surface area (Å²) in [6.07, 6.45) is -1.55. The van der Waals surface area contributed by atoms with Gasteiger partial charge in [-0.05, 0) is 0 Å². The lowest BCUT2D eigenvalue weighted by atomic mass is 10.3. The van der Waals surface area contributed by atoms with E-state index in [-0.39, 0.29) is 6.61 Å². The first kappa shape index (κ1) is 4.05.